The fourth-order valence-corrected chi connectivity index (χ4v) is 2.65. The summed E-state index contributed by atoms with van der Waals surface area (Å²) in [5, 5.41) is 4.50. The SMILES string of the molecule is CCC(Cl)c1c(C)nn(Cc2cccc(F)c2)c1C. The van der Waals surface area contributed by atoms with Crippen LogP contribution in [0, 0.1) is 19.7 Å². The smallest absolute Gasteiger partial charge is 0.123 e. The summed E-state index contributed by atoms with van der Waals surface area (Å²) < 4.78 is 15.1. The van der Waals surface area contributed by atoms with Crippen molar-refractivity contribution in [1.82, 2.24) is 9.78 Å². The van der Waals surface area contributed by atoms with Crippen LogP contribution in [0.5, 0.6) is 0 Å². The minimum Gasteiger partial charge on any atom is -0.265 e. The molecule has 0 aliphatic heterocycles. The average Bonchev–Trinajstić information content (AvgIpc) is 2.64. The highest BCUT2D eigenvalue weighted by molar-refractivity contribution is 6.20. The highest BCUT2D eigenvalue weighted by Gasteiger charge is 2.17. The lowest BCUT2D eigenvalue weighted by atomic mass is 10.1. The van der Waals surface area contributed by atoms with Crippen LogP contribution >= 0.6 is 11.6 Å². The normalized spacial score (nSPS) is 12.7. The Balaban J connectivity index is 2.32. The van der Waals surface area contributed by atoms with Crippen LogP contribution in [0.4, 0.5) is 4.39 Å². The van der Waals surface area contributed by atoms with Gasteiger partial charge in [-0.15, -0.1) is 11.6 Å². The van der Waals surface area contributed by atoms with Gasteiger partial charge in [0.25, 0.3) is 0 Å². The monoisotopic (exact) mass is 280 g/mol. The van der Waals surface area contributed by atoms with Crippen LogP contribution in [0.1, 0.15) is 41.2 Å². The lowest BCUT2D eigenvalue weighted by Gasteiger charge is -2.08. The van der Waals surface area contributed by atoms with Crippen molar-refractivity contribution in [1.29, 1.82) is 0 Å². The maximum atomic E-state index is 13.2. The lowest BCUT2D eigenvalue weighted by Crippen LogP contribution is -2.05. The highest BCUT2D eigenvalue weighted by atomic mass is 35.5. The van der Waals surface area contributed by atoms with Gasteiger partial charge in [0.15, 0.2) is 0 Å². The zero-order valence-electron chi connectivity index (χ0n) is 11.5. The van der Waals surface area contributed by atoms with Crippen molar-refractivity contribution in [3.05, 3.63) is 52.6 Å². The van der Waals surface area contributed by atoms with Gasteiger partial charge in [-0.05, 0) is 38.0 Å². The Hall–Kier alpha value is -1.35. The Morgan fingerprint density at radius 2 is 2.11 bits per heavy atom. The molecule has 2 rings (SSSR count). The lowest BCUT2D eigenvalue weighted by molar-refractivity contribution is 0.615. The molecule has 0 aliphatic rings. The third kappa shape index (κ3) is 2.98. The van der Waals surface area contributed by atoms with Gasteiger partial charge < -0.3 is 0 Å². The Morgan fingerprint density at radius 1 is 1.37 bits per heavy atom. The number of halogens is 2. The molecule has 0 saturated heterocycles. The van der Waals surface area contributed by atoms with Crippen molar-refractivity contribution >= 4 is 11.6 Å². The van der Waals surface area contributed by atoms with Crippen molar-refractivity contribution in [2.75, 3.05) is 0 Å². The summed E-state index contributed by atoms with van der Waals surface area (Å²) in [5.41, 5.74) is 4.01. The fraction of sp³-hybridized carbons (Fsp3) is 0.400. The Morgan fingerprint density at radius 3 is 2.74 bits per heavy atom. The molecule has 0 amide bonds. The first-order valence-corrected chi connectivity index (χ1v) is 6.89. The summed E-state index contributed by atoms with van der Waals surface area (Å²) >= 11 is 6.33. The molecule has 1 atom stereocenters. The third-order valence-corrected chi connectivity index (χ3v) is 3.86. The standard InChI is InChI=1S/C15H18ClFN2/c1-4-14(16)15-10(2)18-19(11(15)3)9-12-6-5-7-13(17)8-12/h5-8,14H,4,9H2,1-3H3. The maximum absolute atomic E-state index is 13.2. The molecule has 1 aromatic carbocycles. The van der Waals surface area contributed by atoms with E-state index in [-0.39, 0.29) is 11.2 Å². The van der Waals surface area contributed by atoms with Gasteiger partial charge in [0, 0.05) is 11.3 Å². The number of alkyl halides is 1. The second-order valence-electron chi connectivity index (χ2n) is 4.75. The van der Waals surface area contributed by atoms with Crippen molar-refractivity contribution in [3.8, 4) is 0 Å². The number of nitrogens with zero attached hydrogens (tertiary/aromatic N) is 2. The van der Waals surface area contributed by atoms with Gasteiger partial charge in [-0.1, -0.05) is 19.1 Å². The van der Waals surface area contributed by atoms with Gasteiger partial charge in [0.1, 0.15) is 5.82 Å². The number of hydrogen-bond acceptors (Lipinski definition) is 1. The van der Waals surface area contributed by atoms with Crippen LogP contribution in [0.15, 0.2) is 24.3 Å². The Kier molecular flexibility index (Phi) is 4.25. The van der Waals surface area contributed by atoms with E-state index in [0.29, 0.717) is 6.54 Å². The van der Waals surface area contributed by atoms with E-state index in [2.05, 4.69) is 12.0 Å². The van der Waals surface area contributed by atoms with Crippen LogP contribution in [0.2, 0.25) is 0 Å². The first kappa shape index (κ1) is 14.1. The van der Waals surface area contributed by atoms with E-state index in [1.807, 2.05) is 24.6 Å². The van der Waals surface area contributed by atoms with Crippen molar-refractivity contribution in [3.63, 3.8) is 0 Å². The van der Waals surface area contributed by atoms with Crippen LogP contribution in [-0.2, 0) is 6.54 Å². The molecular weight excluding hydrogens is 263 g/mol. The molecule has 19 heavy (non-hydrogen) atoms. The Labute approximate surface area is 118 Å². The van der Waals surface area contributed by atoms with Gasteiger partial charge in [-0.3, -0.25) is 4.68 Å². The van der Waals surface area contributed by atoms with Crippen LogP contribution in [0.25, 0.3) is 0 Å². The summed E-state index contributed by atoms with van der Waals surface area (Å²) in [6, 6.07) is 6.60. The molecule has 2 aromatic rings. The van der Waals surface area contributed by atoms with Gasteiger partial charge in [-0.2, -0.15) is 5.10 Å². The molecule has 1 aromatic heterocycles. The summed E-state index contributed by atoms with van der Waals surface area (Å²) in [6.07, 6.45) is 0.870. The predicted molar refractivity (Wildman–Crippen MR) is 76.1 cm³/mol. The molecule has 0 fully saturated rings. The van der Waals surface area contributed by atoms with Crippen molar-refractivity contribution in [2.45, 2.75) is 39.1 Å². The minimum absolute atomic E-state index is 0.0127. The molecule has 1 unspecified atom stereocenters. The summed E-state index contributed by atoms with van der Waals surface area (Å²) in [5.74, 6) is -0.219. The summed E-state index contributed by atoms with van der Waals surface area (Å²) in [7, 11) is 0. The van der Waals surface area contributed by atoms with E-state index < -0.39 is 0 Å². The minimum atomic E-state index is -0.219. The van der Waals surface area contributed by atoms with E-state index in [1.165, 1.54) is 12.1 Å². The molecule has 0 radical (unpaired) electrons. The molecule has 0 bridgehead atoms. The number of rotatable bonds is 4. The first-order valence-electron chi connectivity index (χ1n) is 6.45. The van der Waals surface area contributed by atoms with Crippen LogP contribution < -0.4 is 0 Å². The molecule has 102 valence electrons. The second kappa shape index (κ2) is 5.74. The fourth-order valence-electron chi connectivity index (χ4n) is 2.33. The van der Waals surface area contributed by atoms with E-state index in [0.717, 1.165) is 28.9 Å². The molecular formula is C15H18ClFN2. The van der Waals surface area contributed by atoms with Gasteiger partial charge in [-0.25, -0.2) is 4.39 Å². The molecule has 4 heteroatoms. The number of benzene rings is 1. The average molecular weight is 281 g/mol. The van der Waals surface area contributed by atoms with Crippen molar-refractivity contribution in [2.24, 2.45) is 0 Å². The largest absolute Gasteiger partial charge is 0.265 e. The molecule has 1 heterocycles. The maximum Gasteiger partial charge on any atom is 0.123 e. The van der Waals surface area contributed by atoms with E-state index in [4.69, 9.17) is 11.6 Å². The molecule has 0 aliphatic carbocycles. The topological polar surface area (TPSA) is 17.8 Å². The van der Waals surface area contributed by atoms with Crippen LogP contribution in [0.3, 0.4) is 0 Å². The van der Waals surface area contributed by atoms with Gasteiger partial charge in [0.2, 0.25) is 0 Å². The zero-order valence-corrected chi connectivity index (χ0v) is 12.2. The van der Waals surface area contributed by atoms with E-state index in [9.17, 15) is 4.39 Å². The van der Waals surface area contributed by atoms with E-state index >= 15 is 0 Å². The number of aromatic nitrogens is 2. The quantitative estimate of drug-likeness (QED) is 0.760. The molecule has 0 N–H and O–H groups in total. The molecule has 2 nitrogen and oxygen atoms in total. The highest BCUT2D eigenvalue weighted by Crippen LogP contribution is 2.29. The van der Waals surface area contributed by atoms with Crippen molar-refractivity contribution < 1.29 is 4.39 Å². The van der Waals surface area contributed by atoms with Gasteiger partial charge >= 0.3 is 0 Å². The summed E-state index contributed by atoms with van der Waals surface area (Å²) in [4.78, 5) is 0. The second-order valence-corrected chi connectivity index (χ2v) is 5.27. The molecule has 0 spiro atoms. The van der Waals surface area contributed by atoms with Gasteiger partial charge in [0.05, 0.1) is 17.6 Å². The molecule has 0 saturated carbocycles. The Bertz CT molecular complexity index is 578. The predicted octanol–water partition coefficient (Wildman–Crippen LogP) is 4.38. The summed E-state index contributed by atoms with van der Waals surface area (Å²) in [6.45, 7) is 6.60. The van der Waals surface area contributed by atoms with Crippen LogP contribution in [-0.4, -0.2) is 9.78 Å². The number of hydrogen-bond donors (Lipinski definition) is 0. The first-order chi connectivity index (χ1) is 9.02. The van der Waals surface area contributed by atoms with E-state index in [1.54, 1.807) is 6.07 Å². The third-order valence-electron chi connectivity index (χ3n) is 3.33. The zero-order chi connectivity index (χ0) is 14.0. The number of aryl methyl sites for hydroxylation is 1.